The number of hydrogen-bond acceptors (Lipinski definition) is 2. The number of rotatable bonds is 2. The van der Waals surface area contributed by atoms with Crippen LogP contribution < -0.4 is 5.73 Å². The summed E-state index contributed by atoms with van der Waals surface area (Å²) in [5.41, 5.74) is 6.51. The van der Waals surface area contributed by atoms with Crippen LogP contribution in [0.3, 0.4) is 0 Å². The molecule has 1 fully saturated rings. The molecule has 100 valence electrons. The quantitative estimate of drug-likeness (QED) is 0.802. The summed E-state index contributed by atoms with van der Waals surface area (Å²) in [7, 11) is 0. The predicted molar refractivity (Wildman–Crippen MR) is 84.1 cm³/mol. The molecule has 0 radical (unpaired) electrons. The molecular weight excluding hydrogens is 363 g/mol. The Morgan fingerprint density at radius 2 is 2.17 bits per heavy atom. The van der Waals surface area contributed by atoms with Crippen molar-refractivity contribution in [3.63, 3.8) is 0 Å². The van der Waals surface area contributed by atoms with Crippen molar-refractivity contribution in [1.29, 1.82) is 0 Å². The molecule has 0 bridgehead atoms. The molecule has 2 rings (SSSR count). The Labute approximate surface area is 128 Å². The van der Waals surface area contributed by atoms with Crippen molar-refractivity contribution >= 4 is 40.9 Å². The van der Waals surface area contributed by atoms with Gasteiger partial charge in [-0.25, -0.2) is 0 Å². The Morgan fingerprint density at radius 1 is 1.44 bits per heavy atom. The number of carbonyl (C=O) groups excluding carboxylic acids is 1. The first kappa shape index (κ1) is 15.7. The molecule has 1 unspecified atom stereocenters. The molecule has 3 nitrogen and oxygen atoms in total. The molecule has 0 aliphatic carbocycles. The average Bonchev–Trinajstić information content (AvgIpc) is 2.38. The first-order chi connectivity index (χ1) is 8.22. The lowest BCUT2D eigenvalue weighted by molar-refractivity contribution is 0.0677. The number of hydrogen-bond donors (Lipinski definition) is 1. The largest absolute Gasteiger partial charge is 0.338 e. The fourth-order valence-corrected chi connectivity index (χ4v) is 2.87. The van der Waals surface area contributed by atoms with Crippen molar-refractivity contribution in [3.05, 3.63) is 33.4 Å². The summed E-state index contributed by atoms with van der Waals surface area (Å²) in [6.45, 7) is 2.34. The highest BCUT2D eigenvalue weighted by molar-refractivity contribution is 14.1. The zero-order valence-corrected chi connectivity index (χ0v) is 13.1. The van der Waals surface area contributed by atoms with E-state index in [9.17, 15) is 4.79 Å². The molecule has 0 aromatic heterocycles. The van der Waals surface area contributed by atoms with E-state index >= 15 is 0 Å². The standard InChI is InChI=1S/C13H17IN2O.ClH/c14-12-6-2-1-5-11(12)13(17)16-7-3-4-10(8-15)9-16;/h1-2,5-6,10H,3-4,7-9,15H2;1H. The lowest BCUT2D eigenvalue weighted by Crippen LogP contribution is -2.42. The minimum absolute atomic E-state index is 0. The van der Waals surface area contributed by atoms with Crippen LogP contribution in [0.5, 0.6) is 0 Å². The Hall–Kier alpha value is -0.330. The summed E-state index contributed by atoms with van der Waals surface area (Å²) in [5, 5.41) is 0. The lowest BCUT2D eigenvalue weighted by atomic mass is 9.97. The Kier molecular flexibility index (Phi) is 6.38. The maximum atomic E-state index is 12.4. The third-order valence-corrected chi connectivity index (χ3v) is 4.18. The molecule has 1 atom stereocenters. The highest BCUT2D eigenvalue weighted by Crippen LogP contribution is 2.20. The number of benzene rings is 1. The highest BCUT2D eigenvalue weighted by Gasteiger charge is 2.24. The van der Waals surface area contributed by atoms with E-state index in [-0.39, 0.29) is 18.3 Å². The number of halogens is 2. The fourth-order valence-electron chi connectivity index (χ4n) is 2.25. The van der Waals surface area contributed by atoms with E-state index in [1.807, 2.05) is 29.2 Å². The molecule has 1 saturated heterocycles. The number of nitrogens with two attached hydrogens (primary N) is 1. The van der Waals surface area contributed by atoms with Crippen LogP contribution >= 0.6 is 35.0 Å². The van der Waals surface area contributed by atoms with Gasteiger partial charge in [0.25, 0.3) is 5.91 Å². The van der Waals surface area contributed by atoms with Crippen LogP contribution in [0.4, 0.5) is 0 Å². The predicted octanol–water partition coefficient (Wildman–Crippen LogP) is 2.52. The zero-order valence-electron chi connectivity index (χ0n) is 10.1. The van der Waals surface area contributed by atoms with Crippen molar-refractivity contribution in [2.45, 2.75) is 12.8 Å². The summed E-state index contributed by atoms with van der Waals surface area (Å²) in [4.78, 5) is 14.3. The van der Waals surface area contributed by atoms with Crippen LogP contribution in [-0.2, 0) is 0 Å². The van der Waals surface area contributed by atoms with Crippen molar-refractivity contribution in [2.75, 3.05) is 19.6 Å². The summed E-state index contributed by atoms with van der Waals surface area (Å²) in [6, 6.07) is 7.74. The SMILES string of the molecule is Cl.NCC1CCCN(C(=O)c2ccccc2I)C1. The lowest BCUT2D eigenvalue weighted by Gasteiger charge is -2.32. The zero-order chi connectivity index (χ0) is 12.3. The molecule has 2 N–H and O–H groups in total. The van der Waals surface area contributed by atoms with E-state index in [1.165, 1.54) is 0 Å². The highest BCUT2D eigenvalue weighted by atomic mass is 127. The van der Waals surface area contributed by atoms with Gasteiger partial charge < -0.3 is 10.6 Å². The van der Waals surface area contributed by atoms with E-state index in [0.29, 0.717) is 12.5 Å². The number of likely N-dealkylation sites (tertiary alicyclic amines) is 1. The van der Waals surface area contributed by atoms with E-state index in [4.69, 9.17) is 5.73 Å². The molecule has 1 aliphatic rings. The third kappa shape index (κ3) is 3.59. The Bertz CT molecular complexity index is 414. The van der Waals surface area contributed by atoms with Gasteiger partial charge in [-0.3, -0.25) is 4.79 Å². The van der Waals surface area contributed by atoms with Crippen LogP contribution in [0.15, 0.2) is 24.3 Å². The first-order valence-electron chi connectivity index (χ1n) is 5.96. The van der Waals surface area contributed by atoms with Gasteiger partial charge in [-0.1, -0.05) is 12.1 Å². The molecule has 1 aliphatic heterocycles. The topological polar surface area (TPSA) is 46.3 Å². The van der Waals surface area contributed by atoms with Crippen LogP contribution in [0, 0.1) is 9.49 Å². The molecule has 1 aromatic rings. The maximum absolute atomic E-state index is 12.4. The van der Waals surface area contributed by atoms with E-state index in [2.05, 4.69) is 22.6 Å². The van der Waals surface area contributed by atoms with Gasteiger partial charge in [0.2, 0.25) is 0 Å². The summed E-state index contributed by atoms with van der Waals surface area (Å²) in [5.74, 6) is 0.613. The summed E-state index contributed by atoms with van der Waals surface area (Å²) in [6.07, 6.45) is 2.21. The van der Waals surface area contributed by atoms with Gasteiger partial charge in [0.15, 0.2) is 0 Å². The van der Waals surface area contributed by atoms with Crippen LogP contribution in [0.2, 0.25) is 0 Å². The van der Waals surface area contributed by atoms with Gasteiger partial charge in [-0.2, -0.15) is 0 Å². The molecule has 1 aromatic carbocycles. The number of piperidine rings is 1. The average molecular weight is 381 g/mol. The Balaban J connectivity index is 0.00000162. The first-order valence-corrected chi connectivity index (χ1v) is 7.04. The van der Waals surface area contributed by atoms with Crippen molar-refractivity contribution in [1.82, 2.24) is 4.90 Å². The number of amides is 1. The molecule has 0 spiro atoms. The summed E-state index contributed by atoms with van der Waals surface area (Å²) < 4.78 is 1.02. The van der Waals surface area contributed by atoms with E-state index in [1.54, 1.807) is 0 Å². The van der Waals surface area contributed by atoms with Gasteiger partial charge in [0.1, 0.15) is 0 Å². The Morgan fingerprint density at radius 3 is 2.83 bits per heavy atom. The maximum Gasteiger partial charge on any atom is 0.254 e. The van der Waals surface area contributed by atoms with Gasteiger partial charge >= 0.3 is 0 Å². The normalized spacial score (nSPS) is 19.2. The van der Waals surface area contributed by atoms with Crippen molar-refractivity contribution in [2.24, 2.45) is 11.7 Å². The molecule has 1 amide bonds. The van der Waals surface area contributed by atoms with Crippen molar-refractivity contribution < 1.29 is 4.79 Å². The third-order valence-electron chi connectivity index (χ3n) is 3.24. The molecule has 18 heavy (non-hydrogen) atoms. The van der Waals surface area contributed by atoms with Crippen LogP contribution in [0.1, 0.15) is 23.2 Å². The van der Waals surface area contributed by atoms with Gasteiger partial charge in [0, 0.05) is 16.7 Å². The second kappa shape index (κ2) is 7.31. The van der Waals surface area contributed by atoms with Crippen LogP contribution in [-0.4, -0.2) is 30.4 Å². The van der Waals surface area contributed by atoms with E-state index in [0.717, 1.165) is 35.1 Å². The van der Waals surface area contributed by atoms with Gasteiger partial charge in [0.05, 0.1) is 5.56 Å². The number of nitrogens with zero attached hydrogens (tertiary/aromatic N) is 1. The fraction of sp³-hybridized carbons (Fsp3) is 0.462. The minimum atomic E-state index is 0. The molecule has 5 heteroatoms. The molecule has 1 heterocycles. The second-order valence-corrected chi connectivity index (χ2v) is 5.64. The van der Waals surface area contributed by atoms with Gasteiger partial charge in [-0.05, 0) is 60.0 Å². The van der Waals surface area contributed by atoms with Crippen LogP contribution in [0.25, 0.3) is 0 Å². The number of carbonyl (C=O) groups is 1. The van der Waals surface area contributed by atoms with E-state index < -0.39 is 0 Å². The summed E-state index contributed by atoms with van der Waals surface area (Å²) >= 11 is 2.21. The molecular formula is C13H18ClIN2O. The minimum Gasteiger partial charge on any atom is -0.338 e. The molecule has 0 saturated carbocycles. The van der Waals surface area contributed by atoms with Gasteiger partial charge in [-0.15, -0.1) is 12.4 Å². The van der Waals surface area contributed by atoms with Crippen molar-refractivity contribution in [3.8, 4) is 0 Å². The smallest absolute Gasteiger partial charge is 0.254 e. The second-order valence-electron chi connectivity index (χ2n) is 4.47. The monoisotopic (exact) mass is 380 g/mol.